The van der Waals surface area contributed by atoms with Crippen molar-refractivity contribution < 1.29 is 28.8 Å². The minimum atomic E-state index is -0.856. The van der Waals surface area contributed by atoms with Crippen molar-refractivity contribution >= 4 is 34.8 Å². The van der Waals surface area contributed by atoms with E-state index in [0.29, 0.717) is 5.75 Å². The molecule has 0 aromatic heterocycles. The summed E-state index contributed by atoms with van der Waals surface area (Å²) in [5, 5.41) is 10.8. The lowest BCUT2D eigenvalue weighted by atomic mass is 9.83. The Morgan fingerprint density at radius 3 is 2.34 bits per heavy atom. The molecule has 1 aliphatic carbocycles. The Hall–Kier alpha value is -4.04. The molecule has 32 heavy (non-hydrogen) atoms. The van der Waals surface area contributed by atoms with Crippen molar-refractivity contribution in [2.24, 2.45) is 0 Å². The average Bonchev–Trinajstić information content (AvgIpc) is 2.80. The van der Waals surface area contributed by atoms with E-state index in [1.165, 1.54) is 43.5 Å². The van der Waals surface area contributed by atoms with Crippen molar-refractivity contribution in [1.82, 2.24) is 0 Å². The second-order valence-corrected chi connectivity index (χ2v) is 7.26. The predicted molar refractivity (Wildman–Crippen MR) is 114 cm³/mol. The first-order valence-electron chi connectivity index (χ1n) is 9.32. The van der Waals surface area contributed by atoms with Gasteiger partial charge in [0.05, 0.1) is 28.2 Å². The molecule has 8 nitrogen and oxygen atoms in total. The maximum absolute atomic E-state index is 12.9. The largest absolute Gasteiger partial charge is 0.496 e. The van der Waals surface area contributed by atoms with E-state index in [2.05, 4.69) is 0 Å². The lowest BCUT2D eigenvalue weighted by molar-refractivity contribution is -0.385. The van der Waals surface area contributed by atoms with Gasteiger partial charge in [-0.1, -0.05) is 35.9 Å². The van der Waals surface area contributed by atoms with Crippen LogP contribution in [0, 0.1) is 10.1 Å². The molecule has 3 aromatic rings. The van der Waals surface area contributed by atoms with Crippen molar-refractivity contribution in [2.45, 2.75) is 6.61 Å². The van der Waals surface area contributed by atoms with E-state index >= 15 is 0 Å². The van der Waals surface area contributed by atoms with E-state index in [9.17, 15) is 24.5 Å². The van der Waals surface area contributed by atoms with Crippen LogP contribution >= 0.6 is 11.6 Å². The number of ether oxygens (including phenoxy) is 2. The van der Waals surface area contributed by atoms with Gasteiger partial charge in [0.1, 0.15) is 12.4 Å². The fraction of sp³-hybridized carbons (Fsp3) is 0.0870. The minimum absolute atomic E-state index is 0.0576. The number of rotatable bonds is 5. The summed E-state index contributed by atoms with van der Waals surface area (Å²) < 4.78 is 10.4. The van der Waals surface area contributed by atoms with Crippen LogP contribution in [0.15, 0.2) is 54.6 Å². The Kier molecular flexibility index (Phi) is 5.46. The zero-order chi connectivity index (χ0) is 23.0. The summed E-state index contributed by atoms with van der Waals surface area (Å²) in [5.41, 5.74) is 0.521. The minimum Gasteiger partial charge on any atom is -0.496 e. The highest BCUT2D eigenvalue weighted by Gasteiger charge is 2.33. The van der Waals surface area contributed by atoms with Crippen LogP contribution in [0.2, 0.25) is 5.02 Å². The number of benzene rings is 3. The van der Waals surface area contributed by atoms with E-state index in [4.69, 9.17) is 21.1 Å². The highest BCUT2D eigenvalue weighted by molar-refractivity contribution is 6.41. The number of carbonyl (C=O) groups is 3. The molecule has 0 saturated heterocycles. The number of nitro benzene ring substituents is 1. The van der Waals surface area contributed by atoms with Crippen LogP contribution in [-0.4, -0.2) is 29.6 Å². The Bertz CT molecular complexity index is 1320. The quantitative estimate of drug-likeness (QED) is 0.251. The molecule has 3 aromatic carbocycles. The lowest BCUT2D eigenvalue weighted by Gasteiger charge is -2.19. The molecule has 0 bridgehead atoms. The van der Waals surface area contributed by atoms with Gasteiger partial charge in [0.15, 0.2) is 11.6 Å². The van der Waals surface area contributed by atoms with Gasteiger partial charge in [-0.15, -0.1) is 0 Å². The smallest absolute Gasteiger partial charge is 0.340 e. The van der Waals surface area contributed by atoms with E-state index in [-0.39, 0.29) is 56.5 Å². The molecule has 160 valence electrons. The maximum atomic E-state index is 12.9. The number of fused-ring (bicyclic) bond motifs is 2. The van der Waals surface area contributed by atoms with Crippen molar-refractivity contribution in [3.8, 4) is 5.75 Å². The van der Waals surface area contributed by atoms with Crippen molar-refractivity contribution in [1.29, 1.82) is 0 Å². The summed E-state index contributed by atoms with van der Waals surface area (Å²) in [5.74, 6) is -1.38. The monoisotopic (exact) mass is 451 g/mol. The van der Waals surface area contributed by atoms with Gasteiger partial charge >= 0.3 is 5.97 Å². The van der Waals surface area contributed by atoms with Gasteiger partial charge < -0.3 is 9.47 Å². The number of methoxy groups -OCH3 is 1. The van der Waals surface area contributed by atoms with Crippen LogP contribution in [0.1, 0.15) is 47.8 Å². The standard InChI is InChI=1S/C23H14ClNO7/c1-31-18-9-6-13(25(29)30)10-12(18)11-32-23(28)17-8-7-16-19(20(17)24)22(27)15-5-3-2-4-14(15)21(16)26/h2-10H,11H2,1H3. The van der Waals surface area contributed by atoms with Gasteiger partial charge in [-0.3, -0.25) is 19.7 Å². The molecule has 0 heterocycles. The summed E-state index contributed by atoms with van der Waals surface area (Å²) in [6.45, 7) is -0.327. The Balaban J connectivity index is 1.64. The van der Waals surface area contributed by atoms with Gasteiger partial charge in [0.25, 0.3) is 5.69 Å². The molecular weight excluding hydrogens is 438 g/mol. The number of hydrogen-bond donors (Lipinski definition) is 0. The molecule has 1 aliphatic rings. The fourth-order valence-electron chi connectivity index (χ4n) is 3.52. The van der Waals surface area contributed by atoms with Crippen LogP contribution in [0.4, 0.5) is 5.69 Å². The molecular formula is C23H14ClNO7. The first kappa shape index (κ1) is 21.2. The Morgan fingerprint density at radius 1 is 1.00 bits per heavy atom. The van der Waals surface area contributed by atoms with Gasteiger partial charge in [-0.2, -0.15) is 0 Å². The lowest BCUT2D eigenvalue weighted by Crippen LogP contribution is -2.22. The normalized spacial score (nSPS) is 12.1. The maximum Gasteiger partial charge on any atom is 0.340 e. The summed E-state index contributed by atoms with van der Waals surface area (Å²) in [7, 11) is 1.38. The molecule has 0 fully saturated rings. The zero-order valence-electron chi connectivity index (χ0n) is 16.6. The fourth-order valence-corrected chi connectivity index (χ4v) is 3.84. The summed E-state index contributed by atoms with van der Waals surface area (Å²) in [6.07, 6.45) is 0. The molecule has 0 amide bonds. The third-order valence-electron chi connectivity index (χ3n) is 5.08. The van der Waals surface area contributed by atoms with Crippen LogP contribution in [0.5, 0.6) is 5.75 Å². The van der Waals surface area contributed by atoms with E-state index in [1.807, 2.05) is 0 Å². The summed E-state index contributed by atoms with van der Waals surface area (Å²) in [4.78, 5) is 48.8. The van der Waals surface area contributed by atoms with Gasteiger partial charge in [-0.25, -0.2) is 4.79 Å². The van der Waals surface area contributed by atoms with Gasteiger partial charge in [0, 0.05) is 34.4 Å². The number of nitro groups is 1. The number of carbonyl (C=O) groups excluding carboxylic acids is 3. The van der Waals surface area contributed by atoms with E-state index in [1.54, 1.807) is 18.2 Å². The molecule has 0 saturated carbocycles. The second-order valence-electron chi connectivity index (χ2n) is 6.88. The molecule has 0 spiro atoms. The van der Waals surface area contributed by atoms with Crippen molar-refractivity contribution in [3.63, 3.8) is 0 Å². The SMILES string of the molecule is COc1ccc([N+](=O)[O-])cc1COC(=O)c1ccc2c(c1Cl)C(=O)c1ccccc1C2=O. The molecule has 4 rings (SSSR count). The highest BCUT2D eigenvalue weighted by atomic mass is 35.5. The molecule has 0 unspecified atom stereocenters. The zero-order valence-corrected chi connectivity index (χ0v) is 17.3. The number of nitrogens with zero attached hydrogens (tertiary/aromatic N) is 1. The van der Waals surface area contributed by atoms with Gasteiger partial charge in [-0.05, 0) is 18.2 Å². The topological polar surface area (TPSA) is 113 Å². The van der Waals surface area contributed by atoms with Crippen LogP contribution < -0.4 is 4.74 Å². The highest BCUT2D eigenvalue weighted by Crippen LogP contribution is 2.34. The Labute approximate surface area is 186 Å². The third kappa shape index (κ3) is 3.50. The van der Waals surface area contributed by atoms with Crippen LogP contribution in [0.3, 0.4) is 0 Å². The van der Waals surface area contributed by atoms with Crippen LogP contribution in [0.25, 0.3) is 0 Å². The van der Waals surface area contributed by atoms with Crippen molar-refractivity contribution in [2.75, 3.05) is 7.11 Å². The first-order valence-corrected chi connectivity index (χ1v) is 9.70. The number of esters is 1. The third-order valence-corrected chi connectivity index (χ3v) is 5.48. The number of halogens is 1. The predicted octanol–water partition coefficient (Wildman–Crippen LogP) is 4.39. The summed E-state index contributed by atoms with van der Waals surface area (Å²) in [6, 6.07) is 12.9. The van der Waals surface area contributed by atoms with E-state index < -0.39 is 16.7 Å². The van der Waals surface area contributed by atoms with E-state index in [0.717, 1.165) is 0 Å². The number of non-ortho nitro benzene ring substituents is 1. The first-order chi connectivity index (χ1) is 15.3. The van der Waals surface area contributed by atoms with Gasteiger partial charge in [0.2, 0.25) is 0 Å². The molecule has 0 radical (unpaired) electrons. The number of hydrogen-bond acceptors (Lipinski definition) is 7. The Morgan fingerprint density at radius 2 is 1.69 bits per heavy atom. The second kappa shape index (κ2) is 8.24. The molecule has 0 N–H and O–H groups in total. The number of ketones is 2. The molecule has 9 heteroatoms. The summed E-state index contributed by atoms with van der Waals surface area (Å²) >= 11 is 6.37. The van der Waals surface area contributed by atoms with Crippen LogP contribution in [-0.2, 0) is 11.3 Å². The van der Waals surface area contributed by atoms with Crippen molar-refractivity contribution in [3.05, 3.63) is 103 Å². The average molecular weight is 452 g/mol. The molecule has 0 atom stereocenters. The molecule has 0 aliphatic heterocycles.